The van der Waals surface area contributed by atoms with Crippen LogP contribution in [0, 0.1) is 0 Å². The summed E-state index contributed by atoms with van der Waals surface area (Å²) in [6.07, 6.45) is 2.35. The molecule has 2 rings (SSSR count). The van der Waals surface area contributed by atoms with Crippen LogP contribution >= 0.6 is 23.2 Å². The summed E-state index contributed by atoms with van der Waals surface area (Å²) < 4.78 is 15.3. The average Bonchev–Trinajstić information content (AvgIpc) is 2.33. The van der Waals surface area contributed by atoms with Gasteiger partial charge in [-0.25, -0.2) is 0 Å². The van der Waals surface area contributed by atoms with Gasteiger partial charge in [0.1, 0.15) is 0 Å². The van der Waals surface area contributed by atoms with Crippen molar-refractivity contribution >= 4 is 36.7 Å². The lowest BCUT2D eigenvalue weighted by molar-refractivity contribution is 0.0553. The maximum atomic E-state index is 5.96. The number of nitrogens with zero attached hydrogens (tertiary/aromatic N) is 1. The first-order valence-electron chi connectivity index (χ1n) is 5.13. The van der Waals surface area contributed by atoms with Crippen molar-refractivity contribution in [2.24, 2.45) is 5.16 Å². The second kappa shape index (κ2) is 6.26. The zero-order valence-electron chi connectivity index (χ0n) is 8.94. The molecule has 1 aromatic rings. The van der Waals surface area contributed by atoms with Crippen LogP contribution < -0.4 is 0 Å². The molecule has 0 saturated carbocycles. The van der Waals surface area contributed by atoms with Gasteiger partial charge < -0.3 is 14.1 Å². The molecule has 4 nitrogen and oxygen atoms in total. The van der Waals surface area contributed by atoms with E-state index in [1.165, 1.54) is 6.21 Å². The van der Waals surface area contributed by atoms with Gasteiger partial charge in [0.25, 0.3) is 0 Å². The van der Waals surface area contributed by atoms with E-state index in [0.717, 1.165) is 6.42 Å². The van der Waals surface area contributed by atoms with Gasteiger partial charge in [-0.2, -0.15) is 0 Å². The highest BCUT2D eigenvalue weighted by molar-refractivity contribution is 6.37. The summed E-state index contributed by atoms with van der Waals surface area (Å²) >= 11 is 11.7. The Hall–Kier alpha value is -0.745. The molecule has 1 aliphatic heterocycles. The second-order valence-corrected chi connectivity index (χ2v) is 4.23. The van der Waals surface area contributed by atoms with Crippen molar-refractivity contribution in [3.8, 4) is 0 Å². The third kappa shape index (κ3) is 3.89. The van der Waals surface area contributed by atoms with Crippen LogP contribution in [0.3, 0.4) is 0 Å². The number of rotatable bonds is 3. The molecule has 0 amide bonds. The van der Waals surface area contributed by atoms with Gasteiger partial charge in [-0.1, -0.05) is 29.3 Å². The van der Waals surface area contributed by atoms with E-state index in [4.69, 9.17) is 37.3 Å². The molecule has 1 saturated heterocycles. The molecule has 17 heavy (non-hydrogen) atoms. The average molecular weight is 274 g/mol. The van der Waals surface area contributed by atoms with E-state index < -0.39 is 7.32 Å². The van der Waals surface area contributed by atoms with E-state index in [2.05, 4.69) is 5.16 Å². The molecule has 0 N–H and O–H groups in total. The largest absolute Gasteiger partial charge is 0.734 e. The Balaban J connectivity index is 1.90. The molecule has 0 aromatic heterocycles. The van der Waals surface area contributed by atoms with Crippen LogP contribution in [-0.4, -0.2) is 26.7 Å². The monoisotopic (exact) mass is 273 g/mol. The molecule has 1 aromatic carbocycles. The Morgan fingerprint density at radius 1 is 1.29 bits per heavy atom. The molecule has 0 spiro atoms. The van der Waals surface area contributed by atoms with Crippen molar-refractivity contribution in [3.63, 3.8) is 0 Å². The first kappa shape index (κ1) is 12.7. The van der Waals surface area contributed by atoms with Gasteiger partial charge in [-0.05, 0) is 18.6 Å². The highest BCUT2D eigenvalue weighted by Crippen LogP contribution is 2.19. The zero-order chi connectivity index (χ0) is 12.1. The maximum absolute atomic E-state index is 5.96. The Labute approximate surface area is 110 Å². The van der Waals surface area contributed by atoms with Crippen molar-refractivity contribution in [2.45, 2.75) is 6.42 Å². The number of oxime groups is 1. The standard InChI is InChI=1S/C10H10BCl2NO3/c12-9-3-2-8(10(13)6-9)7-14-17-11-15-4-1-5-16-11/h2-3,6-7H,1,4-5H2/b14-7+. The van der Waals surface area contributed by atoms with E-state index in [9.17, 15) is 0 Å². The van der Waals surface area contributed by atoms with E-state index in [0.29, 0.717) is 28.8 Å². The minimum absolute atomic E-state index is 0.510. The smallest absolute Gasteiger partial charge is 0.404 e. The van der Waals surface area contributed by atoms with Crippen molar-refractivity contribution in [2.75, 3.05) is 13.2 Å². The Morgan fingerprint density at radius 3 is 2.76 bits per heavy atom. The molecular weight excluding hydrogens is 264 g/mol. The van der Waals surface area contributed by atoms with Crippen LogP contribution in [0.1, 0.15) is 12.0 Å². The van der Waals surface area contributed by atoms with Gasteiger partial charge >= 0.3 is 7.32 Å². The first-order valence-corrected chi connectivity index (χ1v) is 5.89. The Bertz CT molecular complexity index is 411. The van der Waals surface area contributed by atoms with Crippen LogP contribution in [-0.2, 0) is 14.1 Å². The van der Waals surface area contributed by atoms with E-state index >= 15 is 0 Å². The number of hydrogen-bond donors (Lipinski definition) is 0. The molecule has 7 heteroatoms. The molecule has 90 valence electrons. The van der Waals surface area contributed by atoms with Crippen molar-refractivity contribution in [1.82, 2.24) is 0 Å². The quantitative estimate of drug-likeness (QED) is 0.483. The summed E-state index contributed by atoms with van der Waals surface area (Å²) in [5.74, 6) is 0. The zero-order valence-corrected chi connectivity index (χ0v) is 10.4. The summed E-state index contributed by atoms with van der Waals surface area (Å²) in [5, 5.41) is 4.84. The van der Waals surface area contributed by atoms with Gasteiger partial charge in [0, 0.05) is 23.8 Å². The normalized spacial score (nSPS) is 16.5. The summed E-state index contributed by atoms with van der Waals surface area (Å²) in [6, 6.07) is 5.11. The lowest BCUT2D eigenvalue weighted by atomic mass is 10.2. The van der Waals surface area contributed by atoms with Gasteiger partial charge in [0.05, 0.1) is 11.2 Å². The number of benzene rings is 1. The molecule has 1 heterocycles. The third-order valence-corrected chi connectivity index (χ3v) is 2.66. The van der Waals surface area contributed by atoms with Crippen LogP contribution in [0.2, 0.25) is 10.0 Å². The molecule has 0 aliphatic carbocycles. The number of hydrogen-bond acceptors (Lipinski definition) is 4. The lowest BCUT2D eigenvalue weighted by Crippen LogP contribution is -2.31. The minimum atomic E-state index is -0.730. The highest BCUT2D eigenvalue weighted by atomic mass is 35.5. The molecule has 0 atom stereocenters. The van der Waals surface area contributed by atoms with Gasteiger partial charge in [-0.3, -0.25) is 0 Å². The third-order valence-electron chi connectivity index (χ3n) is 2.10. The summed E-state index contributed by atoms with van der Waals surface area (Å²) in [5.41, 5.74) is 0.715. The van der Waals surface area contributed by atoms with Crippen molar-refractivity contribution < 1.29 is 14.1 Å². The molecule has 0 bridgehead atoms. The fourth-order valence-corrected chi connectivity index (χ4v) is 1.73. The predicted molar refractivity (Wildman–Crippen MR) is 67.4 cm³/mol. The minimum Gasteiger partial charge on any atom is -0.404 e. The van der Waals surface area contributed by atoms with Crippen LogP contribution in [0.4, 0.5) is 0 Å². The van der Waals surface area contributed by atoms with Crippen LogP contribution in [0.5, 0.6) is 0 Å². The van der Waals surface area contributed by atoms with Gasteiger partial charge in [0.15, 0.2) is 0 Å². The summed E-state index contributed by atoms with van der Waals surface area (Å²) in [7, 11) is -0.730. The maximum Gasteiger partial charge on any atom is 0.734 e. The van der Waals surface area contributed by atoms with Crippen LogP contribution in [0.15, 0.2) is 23.4 Å². The van der Waals surface area contributed by atoms with E-state index in [1.54, 1.807) is 18.2 Å². The summed E-state index contributed by atoms with van der Waals surface area (Å²) in [4.78, 5) is 0. The van der Waals surface area contributed by atoms with Crippen molar-refractivity contribution in [3.05, 3.63) is 33.8 Å². The fraction of sp³-hybridized carbons (Fsp3) is 0.300. The Morgan fingerprint density at radius 2 is 2.06 bits per heavy atom. The van der Waals surface area contributed by atoms with E-state index in [1.807, 2.05) is 0 Å². The SMILES string of the molecule is Clc1ccc(/C=N/OB2OCCCO2)c(Cl)c1. The fourth-order valence-electron chi connectivity index (χ4n) is 1.27. The molecular formula is C10H10BCl2NO3. The topological polar surface area (TPSA) is 40.0 Å². The molecule has 0 unspecified atom stereocenters. The van der Waals surface area contributed by atoms with E-state index in [-0.39, 0.29) is 0 Å². The van der Waals surface area contributed by atoms with Crippen LogP contribution in [0.25, 0.3) is 0 Å². The highest BCUT2D eigenvalue weighted by Gasteiger charge is 2.26. The molecule has 0 radical (unpaired) electrons. The van der Waals surface area contributed by atoms with Crippen molar-refractivity contribution in [1.29, 1.82) is 0 Å². The second-order valence-electron chi connectivity index (χ2n) is 3.39. The lowest BCUT2D eigenvalue weighted by Gasteiger charge is -2.15. The summed E-state index contributed by atoms with van der Waals surface area (Å²) in [6.45, 7) is 1.23. The predicted octanol–water partition coefficient (Wildman–Crippen LogP) is 2.77. The van der Waals surface area contributed by atoms with Gasteiger partial charge in [-0.15, -0.1) is 5.16 Å². The Kier molecular flexibility index (Phi) is 4.68. The number of halogens is 2. The first-order chi connectivity index (χ1) is 8.25. The van der Waals surface area contributed by atoms with Gasteiger partial charge in [0.2, 0.25) is 0 Å². The molecule has 1 fully saturated rings. The molecule has 1 aliphatic rings.